The largest absolute Gasteiger partial charge is 0.458 e. The van der Waals surface area contributed by atoms with Crippen LogP contribution in [0.5, 0.6) is 0 Å². The topological polar surface area (TPSA) is 52.6 Å². The van der Waals surface area contributed by atoms with Crippen molar-refractivity contribution in [3.8, 4) is 0 Å². The van der Waals surface area contributed by atoms with Crippen molar-refractivity contribution >= 4 is 11.9 Å². The minimum atomic E-state index is -0.312. The van der Waals surface area contributed by atoms with Crippen LogP contribution in [0.15, 0.2) is 36.5 Å². The van der Waals surface area contributed by atoms with Gasteiger partial charge in [-0.05, 0) is 30.8 Å². The quantitative estimate of drug-likeness (QED) is 0.423. The van der Waals surface area contributed by atoms with Gasteiger partial charge in [-0.25, -0.2) is 4.79 Å². The van der Waals surface area contributed by atoms with Crippen LogP contribution < -0.4 is 0 Å². The molecule has 0 aromatic carbocycles. The van der Waals surface area contributed by atoms with E-state index >= 15 is 0 Å². The van der Waals surface area contributed by atoms with Crippen LogP contribution in [0.4, 0.5) is 0 Å². The molecule has 1 saturated heterocycles. The van der Waals surface area contributed by atoms with Gasteiger partial charge in [-0.1, -0.05) is 25.3 Å². The third-order valence-corrected chi connectivity index (χ3v) is 5.06. The average Bonchev–Trinajstić information content (AvgIpc) is 2.81. The molecule has 0 amide bonds. The van der Waals surface area contributed by atoms with E-state index in [0.29, 0.717) is 12.0 Å². The zero-order valence-corrected chi connectivity index (χ0v) is 12.3. The average molecular weight is 288 g/mol. The standard InChI is InChI=1S/C17H20O4/c1-8-5-6-12-9(2)17(19)21-16(12)15-10(3)14(7-13(8)15)20-11(4)18/h12-16H,1-3,5-7H2,4H3/t12-,13+,14+,15-,16-/m1/s1. The number of carbonyl (C=O) groups is 2. The lowest BCUT2D eigenvalue weighted by Gasteiger charge is -2.26. The Morgan fingerprint density at radius 3 is 2.67 bits per heavy atom. The van der Waals surface area contributed by atoms with Gasteiger partial charge < -0.3 is 9.47 Å². The molecule has 2 saturated carbocycles. The van der Waals surface area contributed by atoms with Gasteiger partial charge >= 0.3 is 11.9 Å². The smallest absolute Gasteiger partial charge is 0.334 e. The van der Waals surface area contributed by atoms with Gasteiger partial charge in [-0.3, -0.25) is 4.79 Å². The van der Waals surface area contributed by atoms with E-state index in [-0.39, 0.29) is 41.9 Å². The number of esters is 2. The van der Waals surface area contributed by atoms with Gasteiger partial charge in [0.2, 0.25) is 0 Å². The zero-order chi connectivity index (χ0) is 15.3. The molecule has 0 bridgehead atoms. The highest BCUT2D eigenvalue weighted by Crippen LogP contribution is 2.52. The summed E-state index contributed by atoms with van der Waals surface area (Å²) >= 11 is 0. The second kappa shape index (κ2) is 4.86. The number of rotatable bonds is 1. The lowest BCUT2D eigenvalue weighted by atomic mass is 9.82. The summed E-state index contributed by atoms with van der Waals surface area (Å²) < 4.78 is 10.9. The first kappa shape index (κ1) is 14.1. The van der Waals surface area contributed by atoms with Crippen molar-refractivity contribution in [2.24, 2.45) is 17.8 Å². The molecule has 0 aromatic rings. The van der Waals surface area contributed by atoms with E-state index < -0.39 is 0 Å². The Balaban J connectivity index is 1.93. The van der Waals surface area contributed by atoms with E-state index in [4.69, 9.17) is 9.47 Å². The van der Waals surface area contributed by atoms with E-state index in [2.05, 4.69) is 19.7 Å². The number of carbonyl (C=O) groups excluding carboxylic acids is 2. The summed E-state index contributed by atoms with van der Waals surface area (Å²) in [5.41, 5.74) is 2.53. The molecule has 1 heterocycles. The molecule has 21 heavy (non-hydrogen) atoms. The molecule has 4 nitrogen and oxygen atoms in total. The number of fused-ring (bicyclic) bond motifs is 3. The number of hydrogen-bond donors (Lipinski definition) is 0. The van der Waals surface area contributed by atoms with E-state index in [1.807, 2.05) is 0 Å². The molecule has 5 atom stereocenters. The molecule has 1 aliphatic heterocycles. The summed E-state index contributed by atoms with van der Waals surface area (Å²) in [5, 5.41) is 0. The van der Waals surface area contributed by atoms with Gasteiger partial charge in [0.15, 0.2) is 0 Å². The molecule has 2 aliphatic carbocycles. The van der Waals surface area contributed by atoms with Gasteiger partial charge in [-0.2, -0.15) is 0 Å². The molecule has 3 aliphatic rings. The Bertz CT molecular complexity index is 559. The summed E-state index contributed by atoms with van der Waals surface area (Å²) in [6.45, 7) is 13.6. The Morgan fingerprint density at radius 1 is 1.29 bits per heavy atom. The number of ether oxygens (including phenoxy) is 2. The summed E-state index contributed by atoms with van der Waals surface area (Å²) in [6, 6.07) is 0. The predicted molar refractivity (Wildman–Crippen MR) is 77.2 cm³/mol. The van der Waals surface area contributed by atoms with E-state index in [1.165, 1.54) is 6.92 Å². The molecule has 112 valence electrons. The fraction of sp³-hybridized carbons (Fsp3) is 0.529. The monoisotopic (exact) mass is 288 g/mol. The zero-order valence-electron chi connectivity index (χ0n) is 12.3. The summed E-state index contributed by atoms with van der Waals surface area (Å²) in [4.78, 5) is 23.1. The fourth-order valence-corrected chi connectivity index (χ4v) is 4.01. The van der Waals surface area contributed by atoms with Crippen LogP contribution in [0.25, 0.3) is 0 Å². The van der Waals surface area contributed by atoms with E-state index in [1.54, 1.807) is 0 Å². The molecule has 0 aromatic heterocycles. The third-order valence-electron chi connectivity index (χ3n) is 5.06. The molecule has 0 N–H and O–H groups in total. The molecular formula is C17H20O4. The second-order valence-corrected chi connectivity index (χ2v) is 6.24. The Hall–Kier alpha value is -1.84. The normalized spacial score (nSPS) is 38.6. The van der Waals surface area contributed by atoms with Crippen LogP contribution in [-0.2, 0) is 19.1 Å². The minimum absolute atomic E-state index is 0.0162. The van der Waals surface area contributed by atoms with Crippen molar-refractivity contribution in [1.82, 2.24) is 0 Å². The first-order chi connectivity index (χ1) is 9.90. The fourth-order valence-electron chi connectivity index (χ4n) is 4.01. The summed E-state index contributed by atoms with van der Waals surface area (Å²) in [5.74, 6) is -0.447. The van der Waals surface area contributed by atoms with Gasteiger partial charge in [0.1, 0.15) is 12.2 Å². The van der Waals surface area contributed by atoms with Crippen molar-refractivity contribution in [1.29, 1.82) is 0 Å². The van der Waals surface area contributed by atoms with E-state index in [9.17, 15) is 9.59 Å². The van der Waals surface area contributed by atoms with Crippen LogP contribution >= 0.6 is 0 Å². The first-order valence-electron chi connectivity index (χ1n) is 7.33. The van der Waals surface area contributed by atoms with Crippen LogP contribution in [0.3, 0.4) is 0 Å². The van der Waals surface area contributed by atoms with Crippen molar-refractivity contribution in [2.75, 3.05) is 0 Å². The van der Waals surface area contributed by atoms with Gasteiger partial charge in [0.05, 0.1) is 0 Å². The highest BCUT2D eigenvalue weighted by Gasteiger charge is 2.53. The molecular weight excluding hydrogens is 268 g/mol. The summed E-state index contributed by atoms with van der Waals surface area (Å²) in [6.07, 6.45) is 1.84. The molecule has 0 spiro atoms. The lowest BCUT2D eigenvalue weighted by Crippen LogP contribution is -2.29. The third kappa shape index (κ3) is 2.13. The highest BCUT2D eigenvalue weighted by molar-refractivity contribution is 5.91. The Morgan fingerprint density at radius 2 is 2.00 bits per heavy atom. The first-order valence-corrected chi connectivity index (χ1v) is 7.33. The maximum absolute atomic E-state index is 11.8. The molecule has 3 fully saturated rings. The van der Waals surface area contributed by atoms with E-state index in [0.717, 1.165) is 24.0 Å². The SMILES string of the molecule is C=C1[C@H]2[C@@H]3OC(=O)C(=C)[C@H]3CCC(=C)[C@@H]2C[C@@H]1OC(C)=O. The molecule has 4 heteroatoms. The van der Waals surface area contributed by atoms with Crippen molar-refractivity contribution in [3.05, 3.63) is 36.5 Å². The Labute approximate surface area is 124 Å². The molecule has 0 unspecified atom stereocenters. The van der Waals surface area contributed by atoms with Crippen LogP contribution in [0, 0.1) is 17.8 Å². The van der Waals surface area contributed by atoms with Gasteiger partial charge in [0, 0.05) is 24.3 Å². The van der Waals surface area contributed by atoms with Crippen LogP contribution in [-0.4, -0.2) is 24.1 Å². The predicted octanol–water partition coefficient (Wildman–Crippen LogP) is 2.56. The minimum Gasteiger partial charge on any atom is -0.458 e. The van der Waals surface area contributed by atoms with Crippen LogP contribution in [0.2, 0.25) is 0 Å². The van der Waals surface area contributed by atoms with Gasteiger partial charge in [0.25, 0.3) is 0 Å². The second-order valence-electron chi connectivity index (χ2n) is 6.24. The van der Waals surface area contributed by atoms with Gasteiger partial charge in [-0.15, -0.1) is 0 Å². The molecule has 3 rings (SSSR count). The van der Waals surface area contributed by atoms with Crippen molar-refractivity contribution in [3.63, 3.8) is 0 Å². The lowest BCUT2D eigenvalue weighted by molar-refractivity contribution is -0.145. The maximum atomic E-state index is 11.8. The van der Waals surface area contributed by atoms with Crippen LogP contribution in [0.1, 0.15) is 26.2 Å². The number of allylic oxidation sites excluding steroid dienone is 1. The summed E-state index contributed by atoms with van der Waals surface area (Å²) in [7, 11) is 0. The maximum Gasteiger partial charge on any atom is 0.334 e. The number of hydrogen-bond acceptors (Lipinski definition) is 4. The Kier molecular flexibility index (Phi) is 3.27. The van der Waals surface area contributed by atoms with Crippen molar-refractivity contribution in [2.45, 2.75) is 38.4 Å². The van der Waals surface area contributed by atoms with Crippen molar-refractivity contribution < 1.29 is 19.1 Å². The highest BCUT2D eigenvalue weighted by atomic mass is 16.6. The molecule has 0 radical (unpaired) electrons.